The van der Waals surface area contributed by atoms with Crippen molar-refractivity contribution in [3.05, 3.63) is 28.8 Å². The first kappa shape index (κ1) is 13.1. The molecule has 0 amide bonds. The maximum Gasteiger partial charge on any atom is 0.335 e. The van der Waals surface area contributed by atoms with Crippen molar-refractivity contribution < 1.29 is 18.7 Å². The molecule has 98 valence electrons. The van der Waals surface area contributed by atoms with E-state index in [-0.39, 0.29) is 31.5 Å². The number of hydrogen-bond donors (Lipinski definition) is 1. The second kappa shape index (κ2) is 4.72. The normalized spacial score (nSPS) is 18.7. The van der Waals surface area contributed by atoms with Crippen LogP contribution in [0.1, 0.15) is 23.2 Å². The van der Waals surface area contributed by atoms with Gasteiger partial charge in [0.05, 0.1) is 5.56 Å². The van der Waals surface area contributed by atoms with Crippen molar-refractivity contribution in [1.82, 2.24) is 0 Å². The Morgan fingerprint density at radius 2 is 1.89 bits per heavy atom. The van der Waals surface area contributed by atoms with Crippen LogP contribution in [-0.2, 0) is 0 Å². The topological polar surface area (TPSA) is 40.5 Å². The minimum atomic E-state index is -2.62. The third-order valence-corrected chi connectivity index (χ3v) is 3.21. The molecule has 1 heterocycles. The van der Waals surface area contributed by atoms with Gasteiger partial charge in [-0.05, 0) is 18.2 Å². The number of hydrogen-bond acceptors (Lipinski definition) is 2. The lowest BCUT2D eigenvalue weighted by molar-refractivity contribution is -0.0220. The van der Waals surface area contributed by atoms with Gasteiger partial charge in [-0.1, -0.05) is 11.6 Å². The Labute approximate surface area is 108 Å². The van der Waals surface area contributed by atoms with Gasteiger partial charge in [0.2, 0.25) is 0 Å². The van der Waals surface area contributed by atoms with Gasteiger partial charge >= 0.3 is 5.97 Å². The van der Waals surface area contributed by atoms with Crippen LogP contribution in [0.2, 0.25) is 5.02 Å². The van der Waals surface area contributed by atoms with Crippen LogP contribution in [0, 0.1) is 0 Å². The van der Waals surface area contributed by atoms with Crippen LogP contribution in [0.3, 0.4) is 0 Å². The first-order chi connectivity index (χ1) is 8.37. The molecule has 1 aliphatic rings. The van der Waals surface area contributed by atoms with Gasteiger partial charge in [0.1, 0.15) is 0 Å². The number of nitrogens with zero attached hydrogens (tertiary/aromatic N) is 1. The summed E-state index contributed by atoms with van der Waals surface area (Å²) in [7, 11) is 0. The zero-order valence-electron chi connectivity index (χ0n) is 9.50. The fourth-order valence-corrected chi connectivity index (χ4v) is 2.20. The summed E-state index contributed by atoms with van der Waals surface area (Å²) in [5.74, 6) is -3.70. The van der Waals surface area contributed by atoms with Gasteiger partial charge in [0.25, 0.3) is 5.92 Å². The highest BCUT2D eigenvalue weighted by Gasteiger charge is 2.34. The van der Waals surface area contributed by atoms with E-state index in [0.717, 1.165) is 0 Å². The lowest BCUT2D eigenvalue weighted by Crippen LogP contribution is -2.39. The van der Waals surface area contributed by atoms with Gasteiger partial charge in [-0.3, -0.25) is 0 Å². The molecule has 1 aromatic rings. The number of rotatable bonds is 2. The number of alkyl halides is 2. The van der Waals surface area contributed by atoms with E-state index in [1.807, 2.05) is 0 Å². The van der Waals surface area contributed by atoms with Crippen molar-refractivity contribution in [2.45, 2.75) is 18.8 Å². The van der Waals surface area contributed by atoms with Crippen LogP contribution in [-0.4, -0.2) is 30.1 Å². The number of carboxylic acid groups (broad SMARTS) is 1. The molecule has 0 unspecified atom stereocenters. The Balaban J connectivity index is 2.21. The number of piperidine rings is 1. The van der Waals surface area contributed by atoms with E-state index in [9.17, 15) is 13.6 Å². The standard InChI is InChI=1S/C12H12ClF2NO2/c13-9-5-8(11(17)18)6-10(7-9)16-3-1-12(14,15)2-4-16/h5-7H,1-4H2,(H,17,18). The Morgan fingerprint density at radius 3 is 2.44 bits per heavy atom. The lowest BCUT2D eigenvalue weighted by atomic mass is 10.1. The maximum atomic E-state index is 13.0. The number of carbonyl (C=O) groups is 1. The Bertz CT molecular complexity index is 469. The fraction of sp³-hybridized carbons (Fsp3) is 0.417. The summed E-state index contributed by atoms with van der Waals surface area (Å²) in [6, 6.07) is 4.39. The third kappa shape index (κ3) is 2.90. The molecule has 18 heavy (non-hydrogen) atoms. The zero-order chi connectivity index (χ0) is 13.3. The van der Waals surface area contributed by atoms with Crippen molar-refractivity contribution in [2.24, 2.45) is 0 Å². The van der Waals surface area contributed by atoms with Crippen LogP contribution < -0.4 is 4.90 Å². The fourth-order valence-electron chi connectivity index (χ4n) is 1.97. The molecule has 2 rings (SSSR count). The molecule has 0 bridgehead atoms. The number of anilines is 1. The molecule has 1 aliphatic heterocycles. The van der Waals surface area contributed by atoms with Crippen LogP contribution in [0.4, 0.5) is 14.5 Å². The van der Waals surface area contributed by atoms with E-state index in [2.05, 4.69) is 0 Å². The molecule has 6 heteroatoms. The summed E-state index contributed by atoms with van der Waals surface area (Å²) < 4.78 is 26.1. The van der Waals surface area contributed by atoms with Crippen LogP contribution in [0.25, 0.3) is 0 Å². The van der Waals surface area contributed by atoms with E-state index in [4.69, 9.17) is 16.7 Å². The SMILES string of the molecule is O=C(O)c1cc(Cl)cc(N2CCC(F)(F)CC2)c1. The third-order valence-electron chi connectivity index (χ3n) is 2.99. The molecule has 0 aromatic heterocycles. The predicted molar refractivity (Wildman–Crippen MR) is 64.8 cm³/mol. The largest absolute Gasteiger partial charge is 0.478 e. The zero-order valence-corrected chi connectivity index (χ0v) is 10.3. The minimum Gasteiger partial charge on any atom is -0.478 e. The highest BCUT2D eigenvalue weighted by Crippen LogP contribution is 2.31. The van der Waals surface area contributed by atoms with Crippen LogP contribution >= 0.6 is 11.6 Å². The van der Waals surface area contributed by atoms with Gasteiger partial charge in [-0.2, -0.15) is 0 Å². The number of aromatic carboxylic acids is 1. The molecule has 0 aliphatic carbocycles. The first-order valence-corrected chi connectivity index (χ1v) is 5.92. The summed E-state index contributed by atoms with van der Waals surface area (Å²) in [5.41, 5.74) is 0.644. The van der Waals surface area contributed by atoms with Crippen molar-refractivity contribution in [2.75, 3.05) is 18.0 Å². The van der Waals surface area contributed by atoms with Crippen molar-refractivity contribution in [3.63, 3.8) is 0 Å². The van der Waals surface area contributed by atoms with Crippen molar-refractivity contribution in [1.29, 1.82) is 0 Å². The van der Waals surface area contributed by atoms with Gasteiger partial charge in [-0.25, -0.2) is 13.6 Å². The average Bonchev–Trinajstić information content (AvgIpc) is 2.28. The molecular weight excluding hydrogens is 264 g/mol. The number of halogens is 3. The number of carboxylic acids is 1. The second-order valence-electron chi connectivity index (χ2n) is 4.35. The Kier molecular flexibility index (Phi) is 3.43. The van der Waals surface area contributed by atoms with Crippen molar-refractivity contribution in [3.8, 4) is 0 Å². The number of benzene rings is 1. The smallest absolute Gasteiger partial charge is 0.335 e. The van der Waals surface area contributed by atoms with Gasteiger partial charge in [-0.15, -0.1) is 0 Å². The summed E-state index contributed by atoms with van der Waals surface area (Å²) in [6.45, 7) is 0.402. The summed E-state index contributed by atoms with van der Waals surface area (Å²) >= 11 is 5.83. The van der Waals surface area contributed by atoms with Crippen molar-refractivity contribution >= 4 is 23.3 Å². The van der Waals surface area contributed by atoms with Gasteiger partial charge in [0.15, 0.2) is 0 Å². The molecular formula is C12H12ClF2NO2. The molecule has 0 atom stereocenters. The molecule has 1 aromatic carbocycles. The van der Waals surface area contributed by atoms with E-state index < -0.39 is 11.9 Å². The highest BCUT2D eigenvalue weighted by molar-refractivity contribution is 6.31. The molecule has 1 saturated heterocycles. The van der Waals surface area contributed by atoms with Gasteiger partial charge < -0.3 is 10.0 Å². The van der Waals surface area contributed by atoms with E-state index >= 15 is 0 Å². The summed E-state index contributed by atoms with van der Waals surface area (Å²) in [6.07, 6.45) is -0.441. The quantitative estimate of drug-likeness (QED) is 0.900. The van der Waals surface area contributed by atoms with E-state index in [1.165, 1.54) is 12.1 Å². The monoisotopic (exact) mass is 275 g/mol. The Hall–Kier alpha value is -1.36. The molecule has 3 nitrogen and oxygen atoms in total. The Morgan fingerprint density at radius 1 is 1.28 bits per heavy atom. The highest BCUT2D eigenvalue weighted by atomic mass is 35.5. The molecule has 1 fully saturated rings. The predicted octanol–water partition coefficient (Wildman–Crippen LogP) is 3.27. The average molecular weight is 276 g/mol. The molecule has 1 N–H and O–H groups in total. The minimum absolute atomic E-state index is 0.0647. The molecule has 0 radical (unpaired) electrons. The summed E-state index contributed by atoms with van der Waals surface area (Å²) in [5, 5.41) is 9.21. The van der Waals surface area contributed by atoms with Gasteiger partial charge in [0, 0.05) is 36.6 Å². The molecule has 0 spiro atoms. The maximum absolute atomic E-state index is 13.0. The lowest BCUT2D eigenvalue weighted by Gasteiger charge is -2.33. The second-order valence-corrected chi connectivity index (χ2v) is 4.78. The molecule has 0 saturated carbocycles. The van der Waals surface area contributed by atoms with E-state index in [0.29, 0.717) is 10.7 Å². The summed E-state index contributed by atoms with van der Waals surface area (Å²) in [4.78, 5) is 12.6. The first-order valence-electron chi connectivity index (χ1n) is 5.54. The van der Waals surface area contributed by atoms with E-state index in [1.54, 1.807) is 11.0 Å². The van der Waals surface area contributed by atoms with Crippen LogP contribution in [0.5, 0.6) is 0 Å². The van der Waals surface area contributed by atoms with Crippen LogP contribution in [0.15, 0.2) is 18.2 Å².